The quantitative estimate of drug-likeness (QED) is 0.760. The molecule has 0 atom stereocenters. The summed E-state index contributed by atoms with van der Waals surface area (Å²) in [6.45, 7) is 5.91. The van der Waals surface area contributed by atoms with Crippen molar-refractivity contribution in [3.63, 3.8) is 0 Å². The van der Waals surface area contributed by atoms with Gasteiger partial charge in [-0.05, 0) is 43.7 Å². The van der Waals surface area contributed by atoms with Crippen LogP contribution in [-0.4, -0.2) is 23.1 Å². The Hall–Kier alpha value is -1.71. The van der Waals surface area contributed by atoms with E-state index in [1.54, 1.807) is 12.4 Å². The summed E-state index contributed by atoms with van der Waals surface area (Å²) >= 11 is 0. The summed E-state index contributed by atoms with van der Waals surface area (Å²) in [5.41, 5.74) is 1.57. The summed E-state index contributed by atoms with van der Waals surface area (Å²) in [6.07, 6.45) is 11.9. The molecule has 0 N–H and O–H groups in total. The third kappa shape index (κ3) is 4.38. The molecule has 0 saturated carbocycles. The van der Waals surface area contributed by atoms with E-state index in [1.807, 2.05) is 26.0 Å². The molecular formula is C17H24FN3. The predicted octanol–water partition coefficient (Wildman–Crippen LogP) is 4.22. The molecule has 1 saturated heterocycles. The molecule has 21 heavy (non-hydrogen) atoms. The molecule has 0 aliphatic carbocycles. The Morgan fingerprint density at radius 3 is 2.48 bits per heavy atom. The number of anilines is 1. The van der Waals surface area contributed by atoms with Gasteiger partial charge < -0.3 is 4.90 Å². The van der Waals surface area contributed by atoms with Crippen LogP contribution >= 0.6 is 0 Å². The van der Waals surface area contributed by atoms with Crippen LogP contribution in [-0.2, 0) is 6.42 Å². The number of hydrogen-bond donors (Lipinski definition) is 0. The fourth-order valence-corrected chi connectivity index (χ4v) is 2.59. The minimum atomic E-state index is -0.0927. The summed E-state index contributed by atoms with van der Waals surface area (Å²) in [5, 5.41) is 0. The molecule has 1 fully saturated rings. The van der Waals surface area contributed by atoms with E-state index in [2.05, 4.69) is 14.9 Å². The van der Waals surface area contributed by atoms with Crippen LogP contribution in [0.15, 0.2) is 35.9 Å². The van der Waals surface area contributed by atoms with Crippen molar-refractivity contribution in [2.75, 3.05) is 18.0 Å². The lowest BCUT2D eigenvalue weighted by Gasteiger charge is -2.26. The molecule has 4 heteroatoms. The number of allylic oxidation sites excluding steroid dienone is 4. The second-order valence-corrected chi connectivity index (χ2v) is 5.40. The number of rotatable bonds is 5. The van der Waals surface area contributed by atoms with Crippen LogP contribution in [0.3, 0.4) is 0 Å². The molecule has 0 unspecified atom stereocenters. The minimum absolute atomic E-state index is 0.0927. The number of piperidine rings is 1. The lowest BCUT2D eigenvalue weighted by Crippen LogP contribution is -2.30. The predicted molar refractivity (Wildman–Crippen MR) is 85.0 cm³/mol. The zero-order valence-electron chi connectivity index (χ0n) is 13.0. The van der Waals surface area contributed by atoms with Crippen LogP contribution in [0, 0.1) is 0 Å². The van der Waals surface area contributed by atoms with Gasteiger partial charge >= 0.3 is 0 Å². The van der Waals surface area contributed by atoms with Gasteiger partial charge in [-0.25, -0.2) is 14.4 Å². The monoisotopic (exact) mass is 289 g/mol. The first-order valence-electron chi connectivity index (χ1n) is 7.80. The molecule has 114 valence electrons. The van der Waals surface area contributed by atoms with Gasteiger partial charge in [-0.3, -0.25) is 0 Å². The van der Waals surface area contributed by atoms with Crippen molar-refractivity contribution in [1.82, 2.24) is 9.97 Å². The topological polar surface area (TPSA) is 29.0 Å². The maximum atomic E-state index is 14.2. The molecule has 1 aliphatic rings. The van der Waals surface area contributed by atoms with Crippen molar-refractivity contribution in [3.05, 3.63) is 41.5 Å². The fourth-order valence-electron chi connectivity index (χ4n) is 2.59. The lowest BCUT2D eigenvalue weighted by atomic mass is 10.1. The third-order valence-corrected chi connectivity index (χ3v) is 3.79. The summed E-state index contributed by atoms with van der Waals surface area (Å²) in [6, 6.07) is 0. The second-order valence-electron chi connectivity index (χ2n) is 5.40. The highest BCUT2D eigenvalue weighted by molar-refractivity contribution is 5.32. The van der Waals surface area contributed by atoms with Gasteiger partial charge in [-0.2, -0.15) is 0 Å². The third-order valence-electron chi connectivity index (χ3n) is 3.79. The van der Waals surface area contributed by atoms with Gasteiger partial charge in [-0.15, -0.1) is 0 Å². The summed E-state index contributed by atoms with van der Waals surface area (Å²) < 4.78 is 14.2. The number of hydrogen-bond acceptors (Lipinski definition) is 3. The molecule has 2 rings (SSSR count). The SMILES string of the molecule is C/C=C\C(CC)=C(\F)Cc1cnc(N2CCCCC2)nc1. The van der Waals surface area contributed by atoms with E-state index in [9.17, 15) is 4.39 Å². The standard InChI is InChI=1S/C17H24FN3/c1-3-8-15(4-2)16(18)11-14-12-19-17(20-13-14)21-9-6-5-7-10-21/h3,8,12-13H,4-7,9-11H2,1-2H3/b8-3-,16-15+. The molecule has 0 aromatic carbocycles. The van der Waals surface area contributed by atoms with Crippen molar-refractivity contribution in [3.8, 4) is 0 Å². The Balaban J connectivity index is 2.05. The molecule has 1 aromatic heterocycles. The van der Waals surface area contributed by atoms with Crippen molar-refractivity contribution in [1.29, 1.82) is 0 Å². The molecule has 1 aliphatic heterocycles. The van der Waals surface area contributed by atoms with Crippen molar-refractivity contribution < 1.29 is 4.39 Å². The Morgan fingerprint density at radius 1 is 1.24 bits per heavy atom. The maximum Gasteiger partial charge on any atom is 0.225 e. The van der Waals surface area contributed by atoms with Crippen LogP contribution in [0.25, 0.3) is 0 Å². The van der Waals surface area contributed by atoms with Gasteiger partial charge in [0, 0.05) is 31.9 Å². The molecule has 2 heterocycles. The van der Waals surface area contributed by atoms with Crippen LogP contribution in [0.1, 0.15) is 45.1 Å². The van der Waals surface area contributed by atoms with E-state index in [1.165, 1.54) is 19.3 Å². The smallest absolute Gasteiger partial charge is 0.225 e. The van der Waals surface area contributed by atoms with Crippen LogP contribution in [0.2, 0.25) is 0 Å². The Morgan fingerprint density at radius 2 is 1.90 bits per heavy atom. The second kappa shape index (κ2) is 7.91. The van der Waals surface area contributed by atoms with Crippen LogP contribution in [0.4, 0.5) is 10.3 Å². The highest BCUT2D eigenvalue weighted by Gasteiger charge is 2.13. The molecule has 1 aromatic rings. The minimum Gasteiger partial charge on any atom is -0.341 e. The first-order valence-corrected chi connectivity index (χ1v) is 7.80. The lowest BCUT2D eigenvalue weighted by molar-refractivity contribution is 0.567. The zero-order chi connectivity index (χ0) is 15.1. The highest BCUT2D eigenvalue weighted by atomic mass is 19.1. The van der Waals surface area contributed by atoms with Gasteiger partial charge in [0.2, 0.25) is 5.95 Å². The number of halogens is 1. The van der Waals surface area contributed by atoms with Gasteiger partial charge in [0.1, 0.15) is 5.83 Å². The van der Waals surface area contributed by atoms with E-state index in [0.29, 0.717) is 6.42 Å². The molecular weight excluding hydrogens is 265 g/mol. The first-order chi connectivity index (χ1) is 10.2. The summed E-state index contributed by atoms with van der Waals surface area (Å²) in [5.74, 6) is 0.678. The normalized spacial score (nSPS) is 17.2. The van der Waals surface area contributed by atoms with Crippen LogP contribution < -0.4 is 4.90 Å². The van der Waals surface area contributed by atoms with Crippen molar-refractivity contribution in [2.45, 2.75) is 46.0 Å². The van der Waals surface area contributed by atoms with E-state index < -0.39 is 0 Å². The van der Waals surface area contributed by atoms with Gasteiger partial charge in [0.05, 0.1) is 0 Å². The molecule has 0 radical (unpaired) electrons. The Bertz CT molecular complexity index is 499. The van der Waals surface area contributed by atoms with Crippen LogP contribution in [0.5, 0.6) is 0 Å². The summed E-state index contributed by atoms with van der Waals surface area (Å²) in [4.78, 5) is 11.0. The fraction of sp³-hybridized carbons (Fsp3) is 0.529. The molecule has 3 nitrogen and oxygen atoms in total. The van der Waals surface area contributed by atoms with Gasteiger partial charge in [0.15, 0.2) is 0 Å². The zero-order valence-corrected chi connectivity index (χ0v) is 13.0. The van der Waals surface area contributed by atoms with E-state index in [4.69, 9.17) is 0 Å². The van der Waals surface area contributed by atoms with E-state index in [0.717, 1.165) is 30.2 Å². The molecule has 0 amide bonds. The van der Waals surface area contributed by atoms with Gasteiger partial charge in [0.25, 0.3) is 0 Å². The molecule has 0 spiro atoms. The number of nitrogens with zero attached hydrogens (tertiary/aromatic N) is 3. The van der Waals surface area contributed by atoms with E-state index >= 15 is 0 Å². The number of aromatic nitrogens is 2. The average Bonchev–Trinajstić information content (AvgIpc) is 2.54. The Labute approximate surface area is 126 Å². The largest absolute Gasteiger partial charge is 0.341 e. The first kappa shape index (κ1) is 15.7. The van der Waals surface area contributed by atoms with Crippen molar-refractivity contribution >= 4 is 5.95 Å². The highest BCUT2D eigenvalue weighted by Crippen LogP contribution is 2.19. The Kier molecular flexibility index (Phi) is 5.90. The summed E-state index contributed by atoms with van der Waals surface area (Å²) in [7, 11) is 0. The van der Waals surface area contributed by atoms with Crippen molar-refractivity contribution in [2.24, 2.45) is 0 Å². The average molecular weight is 289 g/mol. The van der Waals surface area contributed by atoms with Gasteiger partial charge in [-0.1, -0.05) is 19.1 Å². The molecule has 0 bridgehead atoms. The maximum absolute atomic E-state index is 14.2. The van der Waals surface area contributed by atoms with E-state index in [-0.39, 0.29) is 12.2 Å².